The minimum Gasteiger partial charge on any atom is -0.398 e. The van der Waals surface area contributed by atoms with Crippen molar-refractivity contribution in [1.82, 2.24) is 4.57 Å². The number of rotatable bonds is 3. The van der Waals surface area contributed by atoms with Crippen LogP contribution in [-0.4, -0.2) is 10.5 Å². The highest BCUT2D eigenvalue weighted by atomic mass is 19.1. The molecular weight excluding hydrogens is 269 g/mol. The summed E-state index contributed by atoms with van der Waals surface area (Å²) < 4.78 is 15.3. The summed E-state index contributed by atoms with van der Waals surface area (Å²) >= 11 is 0. The van der Waals surface area contributed by atoms with Gasteiger partial charge in [0, 0.05) is 17.3 Å². The van der Waals surface area contributed by atoms with E-state index in [9.17, 15) is 9.18 Å². The highest BCUT2D eigenvalue weighted by molar-refractivity contribution is 5.94. The number of nitrogens with two attached hydrogens (primary N) is 1. The van der Waals surface area contributed by atoms with Gasteiger partial charge in [-0.25, -0.2) is 4.39 Å². The van der Waals surface area contributed by atoms with Crippen LogP contribution in [0.25, 0.3) is 10.9 Å². The lowest BCUT2D eigenvalue weighted by atomic mass is 10.2. The van der Waals surface area contributed by atoms with Gasteiger partial charge in [-0.3, -0.25) is 4.79 Å². The normalized spacial score (nSPS) is 10.7. The molecule has 2 aromatic carbocycles. The first-order valence-corrected chi connectivity index (χ1v) is 6.53. The summed E-state index contributed by atoms with van der Waals surface area (Å²) in [6.45, 7) is 0.0985. The average molecular weight is 283 g/mol. The average Bonchev–Trinajstić information content (AvgIpc) is 2.86. The summed E-state index contributed by atoms with van der Waals surface area (Å²) in [5.41, 5.74) is 7.60. The summed E-state index contributed by atoms with van der Waals surface area (Å²) in [7, 11) is 0. The van der Waals surface area contributed by atoms with Gasteiger partial charge in [0.2, 0.25) is 5.91 Å². The molecule has 0 saturated heterocycles. The van der Waals surface area contributed by atoms with Crippen LogP contribution in [0.5, 0.6) is 0 Å². The maximum atomic E-state index is 13.5. The van der Waals surface area contributed by atoms with Gasteiger partial charge in [0.15, 0.2) is 0 Å². The van der Waals surface area contributed by atoms with Crippen molar-refractivity contribution in [2.75, 3.05) is 11.1 Å². The van der Waals surface area contributed by atoms with E-state index in [0.717, 1.165) is 10.9 Å². The van der Waals surface area contributed by atoms with Crippen molar-refractivity contribution in [3.63, 3.8) is 0 Å². The molecule has 3 aromatic rings. The van der Waals surface area contributed by atoms with E-state index in [1.807, 2.05) is 24.3 Å². The first-order valence-electron chi connectivity index (χ1n) is 6.53. The molecule has 106 valence electrons. The Kier molecular flexibility index (Phi) is 3.31. The molecule has 1 amide bonds. The molecule has 21 heavy (non-hydrogen) atoms. The predicted molar refractivity (Wildman–Crippen MR) is 81.4 cm³/mol. The molecule has 1 heterocycles. The fourth-order valence-electron chi connectivity index (χ4n) is 2.29. The molecule has 0 bridgehead atoms. The van der Waals surface area contributed by atoms with Gasteiger partial charge in [0.1, 0.15) is 12.4 Å². The molecule has 5 heteroatoms. The zero-order valence-corrected chi connectivity index (χ0v) is 11.2. The van der Waals surface area contributed by atoms with Crippen LogP contribution in [0.4, 0.5) is 15.8 Å². The molecule has 3 N–H and O–H groups in total. The molecule has 4 nitrogen and oxygen atoms in total. The third-order valence-corrected chi connectivity index (χ3v) is 3.31. The van der Waals surface area contributed by atoms with Crippen molar-refractivity contribution >= 4 is 28.2 Å². The van der Waals surface area contributed by atoms with Crippen molar-refractivity contribution in [2.24, 2.45) is 0 Å². The van der Waals surface area contributed by atoms with Crippen LogP contribution in [0, 0.1) is 5.82 Å². The lowest BCUT2D eigenvalue weighted by Gasteiger charge is -2.08. The fourth-order valence-corrected chi connectivity index (χ4v) is 2.29. The topological polar surface area (TPSA) is 60.0 Å². The molecule has 0 aliphatic heterocycles. The van der Waals surface area contributed by atoms with Crippen LogP contribution in [0.2, 0.25) is 0 Å². The molecule has 0 radical (unpaired) electrons. The highest BCUT2D eigenvalue weighted by Gasteiger charge is 2.09. The van der Waals surface area contributed by atoms with Crippen molar-refractivity contribution < 1.29 is 9.18 Å². The van der Waals surface area contributed by atoms with Gasteiger partial charge in [0.25, 0.3) is 0 Å². The minimum atomic E-state index is -0.451. The minimum absolute atomic E-state index is 0.0985. The van der Waals surface area contributed by atoms with E-state index >= 15 is 0 Å². The number of carbonyl (C=O) groups excluding carboxylic acids is 1. The first-order chi connectivity index (χ1) is 10.1. The van der Waals surface area contributed by atoms with Crippen LogP contribution in [0.15, 0.2) is 54.7 Å². The fraction of sp³-hybridized carbons (Fsp3) is 0.0625. The molecule has 0 aliphatic rings. The number of carbonyl (C=O) groups is 1. The van der Waals surface area contributed by atoms with Crippen LogP contribution in [0.1, 0.15) is 0 Å². The van der Waals surface area contributed by atoms with E-state index in [-0.39, 0.29) is 18.1 Å². The molecule has 0 saturated carbocycles. The monoisotopic (exact) mass is 283 g/mol. The number of halogens is 1. The Morgan fingerprint density at radius 3 is 2.76 bits per heavy atom. The second-order valence-electron chi connectivity index (χ2n) is 4.75. The molecule has 0 unspecified atom stereocenters. The van der Waals surface area contributed by atoms with Crippen LogP contribution in [-0.2, 0) is 11.3 Å². The molecule has 0 fully saturated rings. The molecule has 0 aliphatic carbocycles. The second kappa shape index (κ2) is 5.28. The van der Waals surface area contributed by atoms with Crippen molar-refractivity contribution in [3.8, 4) is 0 Å². The Morgan fingerprint density at radius 1 is 1.14 bits per heavy atom. The van der Waals surface area contributed by atoms with Gasteiger partial charge in [0.05, 0.1) is 11.2 Å². The van der Waals surface area contributed by atoms with Gasteiger partial charge < -0.3 is 15.6 Å². The number of fused-ring (bicyclic) bond motifs is 1. The Labute approximate surface area is 121 Å². The number of aromatic nitrogens is 1. The number of anilines is 2. The zero-order valence-electron chi connectivity index (χ0n) is 11.2. The van der Waals surface area contributed by atoms with Gasteiger partial charge >= 0.3 is 0 Å². The number of hydrogen-bond acceptors (Lipinski definition) is 2. The van der Waals surface area contributed by atoms with Crippen LogP contribution >= 0.6 is 0 Å². The highest BCUT2D eigenvalue weighted by Crippen LogP contribution is 2.22. The Morgan fingerprint density at radius 2 is 1.95 bits per heavy atom. The zero-order chi connectivity index (χ0) is 14.8. The third kappa shape index (κ3) is 2.58. The number of nitrogens with zero attached hydrogens (tertiary/aromatic N) is 1. The number of amides is 1. The second-order valence-corrected chi connectivity index (χ2v) is 4.75. The molecule has 0 atom stereocenters. The van der Waals surface area contributed by atoms with Crippen molar-refractivity contribution in [3.05, 3.63) is 60.5 Å². The van der Waals surface area contributed by atoms with E-state index in [4.69, 9.17) is 5.73 Å². The standard InChI is InChI=1S/C16H14FN3O/c17-12-4-1-2-6-14(12)19-16(21)10-20-9-8-11-13(18)5-3-7-15(11)20/h1-9H,10,18H2,(H,19,21). The summed E-state index contributed by atoms with van der Waals surface area (Å²) in [6.07, 6.45) is 1.79. The number of nitrogens with one attached hydrogen (secondary N) is 1. The lowest BCUT2D eigenvalue weighted by molar-refractivity contribution is -0.116. The predicted octanol–water partition coefficient (Wildman–Crippen LogP) is 3.00. The summed E-state index contributed by atoms with van der Waals surface area (Å²) in [5, 5.41) is 3.46. The van der Waals surface area contributed by atoms with Crippen LogP contribution in [0.3, 0.4) is 0 Å². The SMILES string of the molecule is Nc1cccc2c1ccn2CC(=O)Nc1ccccc1F. The van der Waals surface area contributed by atoms with E-state index in [1.54, 1.807) is 22.9 Å². The maximum Gasteiger partial charge on any atom is 0.244 e. The number of nitrogen functional groups attached to an aromatic ring is 1. The number of benzene rings is 2. The molecule has 3 rings (SSSR count). The van der Waals surface area contributed by atoms with Gasteiger partial charge in [-0.15, -0.1) is 0 Å². The quantitative estimate of drug-likeness (QED) is 0.726. The number of para-hydroxylation sites is 1. The summed E-state index contributed by atoms with van der Waals surface area (Å²) in [5.74, 6) is -0.743. The molecule has 0 spiro atoms. The van der Waals surface area contributed by atoms with Gasteiger partial charge in [-0.05, 0) is 30.3 Å². The largest absolute Gasteiger partial charge is 0.398 e. The Balaban J connectivity index is 1.81. The number of hydrogen-bond donors (Lipinski definition) is 2. The summed E-state index contributed by atoms with van der Waals surface area (Å²) in [6, 6.07) is 13.5. The van der Waals surface area contributed by atoms with Gasteiger partial charge in [-0.2, -0.15) is 0 Å². The maximum absolute atomic E-state index is 13.5. The van der Waals surface area contributed by atoms with E-state index in [1.165, 1.54) is 12.1 Å². The summed E-state index contributed by atoms with van der Waals surface area (Å²) in [4.78, 5) is 12.0. The third-order valence-electron chi connectivity index (χ3n) is 3.31. The van der Waals surface area contributed by atoms with E-state index in [0.29, 0.717) is 5.69 Å². The van der Waals surface area contributed by atoms with E-state index < -0.39 is 5.82 Å². The van der Waals surface area contributed by atoms with Crippen molar-refractivity contribution in [1.29, 1.82) is 0 Å². The molecule has 1 aromatic heterocycles. The first kappa shape index (κ1) is 13.2. The Bertz CT molecular complexity index is 810. The molecular formula is C16H14FN3O. The van der Waals surface area contributed by atoms with Gasteiger partial charge in [-0.1, -0.05) is 18.2 Å². The lowest BCUT2D eigenvalue weighted by Crippen LogP contribution is -2.18. The smallest absolute Gasteiger partial charge is 0.244 e. The van der Waals surface area contributed by atoms with Crippen LogP contribution < -0.4 is 11.1 Å². The van der Waals surface area contributed by atoms with E-state index in [2.05, 4.69) is 5.32 Å². The Hall–Kier alpha value is -2.82. The van der Waals surface area contributed by atoms with Crippen molar-refractivity contribution in [2.45, 2.75) is 6.54 Å².